The maximum absolute atomic E-state index is 2.36. The number of hydrogen-bond donors (Lipinski definition) is 0. The van der Waals surface area contributed by atoms with E-state index in [9.17, 15) is 0 Å². The Morgan fingerprint density at radius 1 is 0.520 bits per heavy atom. The summed E-state index contributed by atoms with van der Waals surface area (Å²) in [6.45, 7) is 25.8. The van der Waals surface area contributed by atoms with Crippen molar-refractivity contribution in [1.29, 1.82) is 0 Å². The van der Waals surface area contributed by atoms with Crippen molar-refractivity contribution in [1.82, 2.24) is 0 Å². The van der Waals surface area contributed by atoms with E-state index in [2.05, 4.69) is 76.2 Å². The lowest BCUT2D eigenvalue weighted by atomic mass is 9.80. The van der Waals surface area contributed by atoms with E-state index in [1.54, 1.807) is 0 Å². The maximum atomic E-state index is 2.36. The van der Waals surface area contributed by atoms with Crippen LogP contribution in [0.5, 0.6) is 0 Å². The molecule has 0 amide bonds. The van der Waals surface area contributed by atoms with Crippen molar-refractivity contribution in [3.8, 4) is 0 Å². The minimum absolute atomic E-state index is 0.580. The molecule has 4 unspecified atom stereocenters. The Labute approximate surface area is 160 Å². The molecule has 4 atom stereocenters. The van der Waals surface area contributed by atoms with Crippen molar-refractivity contribution in [2.75, 3.05) is 0 Å². The highest BCUT2D eigenvalue weighted by Crippen LogP contribution is 2.50. The molecule has 0 bridgehead atoms. The largest absolute Gasteiger partial charge is 0.0622 e. The van der Waals surface area contributed by atoms with Gasteiger partial charge in [0.1, 0.15) is 0 Å². The Hall–Kier alpha value is 0. The predicted octanol–water partition coefficient (Wildman–Crippen LogP) is 8.60. The van der Waals surface area contributed by atoms with Gasteiger partial charge in [-0.25, -0.2) is 0 Å². The molecule has 0 aromatic rings. The lowest BCUT2D eigenvalue weighted by Gasteiger charge is -2.26. The molecule has 0 radical (unpaired) electrons. The Morgan fingerprint density at radius 3 is 0.880 bits per heavy atom. The highest BCUT2D eigenvalue weighted by atomic mass is 14.5. The third-order valence-electron chi connectivity index (χ3n) is 7.02. The van der Waals surface area contributed by atoms with E-state index in [1.807, 2.05) is 0 Å². The van der Waals surface area contributed by atoms with E-state index in [4.69, 9.17) is 0 Å². The first-order valence-electron chi connectivity index (χ1n) is 11.1. The molecule has 3 saturated carbocycles. The van der Waals surface area contributed by atoms with Crippen LogP contribution >= 0.6 is 0 Å². The van der Waals surface area contributed by atoms with Gasteiger partial charge in [0.25, 0.3) is 0 Å². The summed E-state index contributed by atoms with van der Waals surface area (Å²) in [7, 11) is 0. The third kappa shape index (κ3) is 8.49. The fourth-order valence-corrected chi connectivity index (χ4v) is 4.85. The zero-order chi connectivity index (χ0) is 19.6. The van der Waals surface area contributed by atoms with Gasteiger partial charge in [0, 0.05) is 0 Å². The van der Waals surface area contributed by atoms with Crippen molar-refractivity contribution in [3.63, 3.8) is 0 Å². The van der Waals surface area contributed by atoms with Crippen molar-refractivity contribution in [2.24, 2.45) is 45.8 Å². The first-order valence-corrected chi connectivity index (χ1v) is 11.1. The van der Waals surface area contributed by atoms with Crippen LogP contribution in [0, 0.1) is 45.8 Å². The summed E-state index contributed by atoms with van der Waals surface area (Å²) in [4.78, 5) is 0. The van der Waals surface area contributed by atoms with E-state index in [0.29, 0.717) is 16.2 Å². The summed E-state index contributed by atoms with van der Waals surface area (Å²) in [5.41, 5.74) is 1.75. The zero-order valence-corrected chi connectivity index (χ0v) is 19.6. The van der Waals surface area contributed by atoms with Gasteiger partial charge >= 0.3 is 0 Å². The molecule has 0 heteroatoms. The SMILES string of the molecule is CC(C)(C)C1CCCC1.CC1CC1C(C)(C)C.CC1CC1C(C)(C)C. The van der Waals surface area contributed by atoms with E-state index >= 15 is 0 Å². The van der Waals surface area contributed by atoms with Crippen molar-refractivity contribution < 1.29 is 0 Å². The van der Waals surface area contributed by atoms with Crippen molar-refractivity contribution in [3.05, 3.63) is 0 Å². The van der Waals surface area contributed by atoms with Crippen LogP contribution in [0.15, 0.2) is 0 Å². The second-order valence-electron chi connectivity index (χ2n) is 12.7. The van der Waals surface area contributed by atoms with Gasteiger partial charge in [0.15, 0.2) is 0 Å². The highest BCUT2D eigenvalue weighted by Gasteiger charge is 2.42. The summed E-state index contributed by atoms with van der Waals surface area (Å²) in [5.74, 6) is 5.06. The molecule has 25 heavy (non-hydrogen) atoms. The number of hydrogen-bond acceptors (Lipinski definition) is 0. The Kier molecular flexibility index (Phi) is 7.69. The van der Waals surface area contributed by atoms with Crippen LogP contribution in [-0.2, 0) is 0 Å². The Balaban J connectivity index is 0.000000188. The smallest absolute Gasteiger partial charge is 0.0337 e. The monoisotopic (exact) mass is 350 g/mol. The van der Waals surface area contributed by atoms with Gasteiger partial charge in [0.05, 0.1) is 0 Å². The first-order chi connectivity index (χ1) is 11.1. The molecule has 0 heterocycles. The topological polar surface area (TPSA) is 0 Å². The van der Waals surface area contributed by atoms with Crippen LogP contribution in [0.25, 0.3) is 0 Å². The number of rotatable bonds is 0. The summed E-state index contributed by atoms with van der Waals surface area (Å²) in [6.07, 6.45) is 8.82. The zero-order valence-electron chi connectivity index (χ0n) is 19.6. The second kappa shape index (κ2) is 8.35. The minimum atomic E-state index is 0.580. The molecule has 0 aromatic heterocycles. The van der Waals surface area contributed by atoms with Crippen molar-refractivity contribution >= 4 is 0 Å². The Bertz CT molecular complexity index is 352. The summed E-state index contributed by atoms with van der Waals surface area (Å²) in [6, 6.07) is 0. The predicted molar refractivity (Wildman–Crippen MR) is 115 cm³/mol. The van der Waals surface area contributed by atoms with Crippen LogP contribution in [0.1, 0.15) is 115 Å². The van der Waals surface area contributed by atoms with E-state index < -0.39 is 0 Å². The van der Waals surface area contributed by atoms with Gasteiger partial charge in [-0.05, 0) is 71.5 Å². The summed E-state index contributed by atoms with van der Waals surface area (Å²) in [5, 5.41) is 0. The van der Waals surface area contributed by atoms with Crippen LogP contribution in [0.4, 0.5) is 0 Å². The average Bonchev–Trinajstić information content (AvgIpc) is 3.25. The van der Waals surface area contributed by atoms with E-state index in [0.717, 1.165) is 29.6 Å². The van der Waals surface area contributed by atoms with Gasteiger partial charge in [-0.2, -0.15) is 0 Å². The molecule has 3 aliphatic rings. The highest BCUT2D eigenvalue weighted by molar-refractivity contribution is 4.91. The molecule has 0 nitrogen and oxygen atoms in total. The van der Waals surface area contributed by atoms with Gasteiger partial charge in [-0.3, -0.25) is 0 Å². The summed E-state index contributed by atoms with van der Waals surface area (Å²) < 4.78 is 0. The van der Waals surface area contributed by atoms with Gasteiger partial charge in [-0.15, -0.1) is 0 Å². The molecule has 3 aliphatic carbocycles. The fourth-order valence-electron chi connectivity index (χ4n) is 4.85. The summed E-state index contributed by atoms with van der Waals surface area (Å²) >= 11 is 0. The van der Waals surface area contributed by atoms with Crippen LogP contribution in [0.3, 0.4) is 0 Å². The Morgan fingerprint density at radius 2 is 0.800 bits per heavy atom. The molecule has 0 aliphatic heterocycles. The van der Waals surface area contributed by atoms with Gasteiger partial charge in [0.2, 0.25) is 0 Å². The van der Waals surface area contributed by atoms with E-state index in [1.165, 1.54) is 38.5 Å². The quantitative estimate of drug-likeness (QED) is 0.410. The molecule has 0 saturated heterocycles. The fraction of sp³-hybridized carbons (Fsp3) is 1.00. The van der Waals surface area contributed by atoms with Crippen molar-refractivity contribution in [2.45, 2.75) is 115 Å². The van der Waals surface area contributed by atoms with Crippen LogP contribution in [-0.4, -0.2) is 0 Å². The standard InChI is InChI=1S/C9H18.2C8H16/c1-9(2,3)8-6-4-5-7-8;2*1-6-5-7(6)8(2,3)4/h8H,4-7H2,1-3H3;2*6-7H,5H2,1-4H3. The second-order valence-corrected chi connectivity index (χ2v) is 12.7. The molecular weight excluding hydrogens is 300 g/mol. The molecule has 0 spiro atoms. The lowest BCUT2D eigenvalue weighted by molar-refractivity contribution is 0.246. The normalized spacial score (nSPS) is 32.3. The molecule has 3 fully saturated rings. The molecule has 0 N–H and O–H groups in total. The molecular formula is C25H50. The average molecular weight is 351 g/mol. The molecule has 0 aromatic carbocycles. The minimum Gasteiger partial charge on any atom is -0.0622 e. The maximum Gasteiger partial charge on any atom is -0.0337 e. The van der Waals surface area contributed by atoms with Crippen LogP contribution in [0.2, 0.25) is 0 Å². The van der Waals surface area contributed by atoms with Gasteiger partial charge < -0.3 is 0 Å². The molecule has 150 valence electrons. The lowest BCUT2D eigenvalue weighted by Crippen LogP contribution is -2.16. The third-order valence-corrected chi connectivity index (χ3v) is 7.02. The van der Waals surface area contributed by atoms with Crippen LogP contribution < -0.4 is 0 Å². The van der Waals surface area contributed by atoms with Gasteiger partial charge in [-0.1, -0.05) is 89.0 Å². The molecule has 3 rings (SSSR count). The van der Waals surface area contributed by atoms with E-state index in [-0.39, 0.29) is 0 Å². The first kappa shape index (κ1) is 23.0.